The fourth-order valence-corrected chi connectivity index (χ4v) is 2.76. The highest BCUT2D eigenvalue weighted by molar-refractivity contribution is 7.09. The van der Waals surface area contributed by atoms with E-state index in [1.807, 2.05) is 30.5 Å². The first-order chi connectivity index (χ1) is 11.5. The van der Waals surface area contributed by atoms with Crippen LogP contribution >= 0.6 is 11.5 Å². The van der Waals surface area contributed by atoms with Crippen LogP contribution in [0.15, 0.2) is 30.5 Å². The molecule has 0 amide bonds. The number of nitrogens with zero attached hydrogens (tertiary/aromatic N) is 5. The summed E-state index contributed by atoms with van der Waals surface area (Å²) in [6, 6.07) is 7.66. The van der Waals surface area contributed by atoms with Gasteiger partial charge in [-0.05, 0) is 24.3 Å². The maximum atomic E-state index is 5.16. The van der Waals surface area contributed by atoms with Crippen molar-refractivity contribution < 1.29 is 4.74 Å². The number of methoxy groups -OCH3 is 1. The molecule has 126 valence electrons. The lowest BCUT2D eigenvalue weighted by molar-refractivity contribution is 0.414. The lowest BCUT2D eigenvalue weighted by Gasteiger charge is -2.12. The van der Waals surface area contributed by atoms with E-state index in [9.17, 15) is 0 Å². The van der Waals surface area contributed by atoms with E-state index in [1.165, 1.54) is 11.5 Å². The predicted octanol–water partition coefficient (Wildman–Crippen LogP) is 3.04. The quantitative estimate of drug-likeness (QED) is 0.766. The summed E-state index contributed by atoms with van der Waals surface area (Å²) in [5, 5.41) is 12.4. The average Bonchev–Trinajstić information content (AvgIpc) is 3.22. The third-order valence-corrected chi connectivity index (χ3v) is 4.07. The van der Waals surface area contributed by atoms with Crippen molar-refractivity contribution in [3.63, 3.8) is 0 Å². The summed E-state index contributed by atoms with van der Waals surface area (Å²) in [4.78, 5) is 4.51. The molecule has 0 aliphatic carbocycles. The first-order valence-electron chi connectivity index (χ1n) is 7.59. The van der Waals surface area contributed by atoms with E-state index in [-0.39, 0.29) is 5.41 Å². The van der Waals surface area contributed by atoms with Gasteiger partial charge in [-0.2, -0.15) is 4.37 Å². The first kappa shape index (κ1) is 16.4. The lowest BCUT2D eigenvalue weighted by atomic mass is 9.96. The van der Waals surface area contributed by atoms with Crippen molar-refractivity contribution in [3.8, 4) is 11.4 Å². The Bertz CT molecular complexity index is 803. The van der Waals surface area contributed by atoms with Gasteiger partial charge >= 0.3 is 0 Å². The minimum atomic E-state index is -0.0477. The number of benzene rings is 1. The standard InChI is InChI=1S/C16H20N6OS/c1-16(2,3)14-18-15(24-20-14)17-9-11-10-22(21-19-11)12-5-7-13(23-4)8-6-12/h5-8,10H,9H2,1-4H3,(H,17,18,20). The minimum absolute atomic E-state index is 0.0477. The van der Waals surface area contributed by atoms with Crippen molar-refractivity contribution in [3.05, 3.63) is 42.0 Å². The van der Waals surface area contributed by atoms with Gasteiger partial charge in [-0.15, -0.1) is 5.10 Å². The Morgan fingerprint density at radius 3 is 2.58 bits per heavy atom. The van der Waals surface area contributed by atoms with Gasteiger partial charge < -0.3 is 10.1 Å². The topological polar surface area (TPSA) is 77.8 Å². The Hall–Kier alpha value is -2.48. The van der Waals surface area contributed by atoms with E-state index >= 15 is 0 Å². The van der Waals surface area contributed by atoms with Crippen LogP contribution in [0.4, 0.5) is 5.13 Å². The van der Waals surface area contributed by atoms with Gasteiger partial charge in [0.15, 0.2) is 0 Å². The molecule has 7 nitrogen and oxygen atoms in total. The molecule has 2 heterocycles. The fourth-order valence-electron chi connectivity index (χ4n) is 2.01. The van der Waals surface area contributed by atoms with Gasteiger partial charge in [0.1, 0.15) is 17.3 Å². The van der Waals surface area contributed by atoms with Gasteiger partial charge in [0, 0.05) is 16.9 Å². The Kier molecular flexibility index (Phi) is 4.48. The second kappa shape index (κ2) is 6.56. The van der Waals surface area contributed by atoms with Crippen LogP contribution in [0.5, 0.6) is 5.75 Å². The fraction of sp³-hybridized carbons (Fsp3) is 0.375. The van der Waals surface area contributed by atoms with Crippen LogP contribution in [0.1, 0.15) is 32.3 Å². The summed E-state index contributed by atoms with van der Waals surface area (Å²) in [5.41, 5.74) is 1.72. The molecule has 1 N–H and O–H groups in total. The zero-order valence-electron chi connectivity index (χ0n) is 14.1. The van der Waals surface area contributed by atoms with Crippen LogP contribution in [0.3, 0.4) is 0 Å². The second-order valence-corrected chi connectivity index (χ2v) is 7.13. The molecule has 0 aliphatic heterocycles. The van der Waals surface area contributed by atoms with Gasteiger partial charge in [0.2, 0.25) is 5.13 Å². The molecule has 0 aliphatic rings. The van der Waals surface area contributed by atoms with E-state index in [0.29, 0.717) is 6.54 Å². The lowest BCUT2D eigenvalue weighted by Crippen LogP contribution is -2.13. The highest BCUT2D eigenvalue weighted by atomic mass is 32.1. The van der Waals surface area contributed by atoms with Gasteiger partial charge in [0.05, 0.1) is 25.5 Å². The number of aromatic nitrogens is 5. The molecule has 0 radical (unpaired) electrons. The molecule has 0 spiro atoms. The third-order valence-electron chi connectivity index (χ3n) is 3.40. The van der Waals surface area contributed by atoms with Gasteiger partial charge in [0.25, 0.3) is 0 Å². The van der Waals surface area contributed by atoms with Gasteiger partial charge in [-0.3, -0.25) is 0 Å². The Morgan fingerprint density at radius 2 is 1.96 bits per heavy atom. The molecule has 8 heteroatoms. The normalized spacial score (nSPS) is 11.5. The Labute approximate surface area is 144 Å². The number of rotatable bonds is 5. The van der Waals surface area contributed by atoms with Crippen LogP contribution in [0.25, 0.3) is 5.69 Å². The van der Waals surface area contributed by atoms with Crippen LogP contribution in [-0.4, -0.2) is 31.5 Å². The van der Waals surface area contributed by atoms with E-state index in [1.54, 1.807) is 11.8 Å². The summed E-state index contributed by atoms with van der Waals surface area (Å²) in [5.74, 6) is 1.66. The Balaban J connectivity index is 1.64. The smallest absolute Gasteiger partial charge is 0.202 e. The zero-order chi connectivity index (χ0) is 17.2. The SMILES string of the molecule is COc1ccc(-n2cc(CNc3nc(C(C)(C)C)ns3)nn2)cc1. The molecular weight excluding hydrogens is 324 g/mol. The van der Waals surface area contributed by atoms with Gasteiger partial charge in [-0.25, -0.2) is 9.67 Å². The summed E-state index contributed by atoms with van der Waals surface area (Å²) in [7, 11) is 1.65. The molecular formula is C16H20N6OS. The third kappa shape index (κ3) is 3.70. The summed E-state index contributed by atoms with van der Waals surface area (Å²) < 4.78 is 11.3. The molecule has 0 saturated carbocycles. The Morgan fingerprint density at radius 1 is 1.21 bits per heavy atom. The van der Waals surface area contributed by atoms with Crippen LogP contribution in [0, 0.1) is 0 Å². The first-order valence-corrected chi connectivity index (χ1v) is 8.37. The molecule has 0 atom stereocenters. The van der Waals surface area contributed by atoms with Crippen molar-refractivity contribution in [1.82, 2.24) is 24.4 Å². The monoisotopic (exact) mass is 344 g/mol. The number of anilines is 1. The minimum Gasteiger partial charge on any atom is -0.497 e. The zero-order valence-corrected chi connectivity index (χ0v) is 15.0. The number of hydrogen-bond acceptors (Lipinski definition) is 7. The maximum Gasteiger partial charge on any atom is 0.202 e. The largest absolute Gasteiger partial charge is 0.497 e. The second-order valence-electron chi connectivity index (χ2n) is 6.38. The molecule has 0 fully saturated rings. The maximum absolute atomic E-state index is 5.16. The van der Waals surface area contributed by atoms with E-state index in [2.05, 4.69) is 45.8 Å². The molecule has 3 aromatic rings. The van der Waals surface area contributed by atoms with E-state index in [0.717, 1.165) is 28.1 Å². The molecule has 24 heavy (non-hydrogen) atoms. The molecule has 0 bridgehead atoms. The predicted molar refractivity (Wildman–Crippen MR) is 93.8 cm³/mol. The number of ether oxygens (including phenoxy) is 1. The summed E-state index contributed by atoms with van der Waals surface area (Å²) >= 11 is 1.36. The van der Waals surface area contributed by atoms with Crippen molar-refractivity contribution in [2.75, 3.05) is 12.4 Å². The summed E-state index contributed by atoms with van der Waals surface area (Å²) in [6.07, 6.45) is 1.89. The number of hydrogen-bond donors (Lipinski definition) is 1. The van der Waals surface area contributed by atoms with E-state index < -0.39 is 0 Å². The van der Waals surface area contributed by atoms with Crippen molar-refractivity contribution in [2.24, 2.45) is 0 Å². The molecule has 0 unspecified atom stereocenters. The van der Waals surface area contributed by atoms with Crippen molar-refractivity contribution in [1.29, 1.82) is 0 Å². The van der Waals surface area contributed by atoms with Crippen LogP contribution < -0.4 is 10.1 Å². The molecule has 2 aromatic heterocycles. The highest BCUT2D eigenvalue weighted by Crippen LogP contribution is 2.23. The highest BCUT2D eigenvalue weighted by Gasteiger charge is 2.19. The van der Waals surface area contributed by atoms with Gasteiger partial charge in [-0.1, -0.05) is 26.0 Å². The molecule has 1 aromatic carbocycles. The molecule has 0 saturated heterocycles. The number of nitrogens with one attached hydrogen (secondary N) is 1. The van der Waals surface area contributed by atoms with Crippen molar-refractivity contribution >= 4 is 16.7 Å². The van der Waals surface area contributed by atoms with E-state index in [4.69, 9.17) is 4.74 Å². The average molecular weight is 344 g/mol. The van der Waals surface area contributed by atoms with Crippen LogP contribution in [-0.2, 0) is 12.0 Å². The van der Waals surface area contributed by atoms with Crippen LogP contribution in [0.2, 0.25) is 0 Å². The summed E-state index contributed by atoms with van der Waals surface area (Å²) in [6.45, 7) is 6.84. The van der Waals surface area contributed by atoms with Crippen molar-refractivity contribution in [2.45, 2.75) is 32.7 Å². The molecule has 3 rings (SSSR count).